The Morgan fingerprint density at radius 2 is 2.09 bits per heavy atom. The average molecular weight is 499 g/mol. The highest BCUT2D eigenvalue weighted by molar-refractivity contribution is 7.99. The normalized spacial score (nSPS) is 15.8. The molecule has 1 unspecified atom stereocenters. The lowest BCUT2D eigenvalue weighted by atomic mass is 9.89. The number of carbonyl (C=O) groups excluding carboxylic acids is 1. The van der Waals surface area contributed by atoms with E-state index in [0.29, 0.717) is 24.2 Å². The molecule has 1 aromatic carbocycles. The summed E-state index contributed by atoms with van der Waals surface area (Å²) < 4.78 is 2.85. The number of hydrogen-bond donors (Lipinski definition) is 0. The van der Waals surface area contributed by atoms with Crippen LogP contribution in [0.2, 0.25) is 0 Å². The SMILES string of the molecule is CCn1c(SCC(=O)N(C)Cc2nc3ccccc3s2)nc2sc3c(c2c1=O)CCC(C)C3. The largest absolute Gasteiger partial charge is 0.338 e. The van der Waals surface area contributed by atoms with Gasteiger partial charge >= 0.3 is 0 Å². The van der Waals surface area contributed by atoms with Gasteiger partial charge in [0, 0.05) is 18.5 Å². The summed E-state index contributed by atoms with van der Waals surface area (Å²) in [6.07, 6.45) is 3.11. The maximum Gasteiger partial charge on any atom is 0.263 e. The number of carbonyl (C=O) groups is 1. The van der Waals surface area contributed by atoms with Crippen LogP contribution in [0.3, 0.4) is 0 Å². The van der Waals surface area contributed by atoms with Crippen LogP contribution in [0.15, 0.2) is 34.2 Å². The summed E-state index contributed by atoms with van der Waals surface area (Å²) in [5.41, 5.74) is 2.20. The zero-order valence-corrected chi connectivity index (χ0v) is 21.4. The number of hydrogen-bond acceptors (Lipinski definition) is 7. The third-order valence-corrected chi connectivity index (χ3v) is 9.29. The minimum Gasteiger partial charge on any atom is -0.338 e. The molecular formula is C24H26N4O2S3. The molecule has 0 aliphatic heterocycles. The highest BCUT2D eigenvalue weighted by atomic mass is 32.2. The fourth-order valence-corrected chi connectivity index (χ4v) is 7.76. The molecule has 1 atom stereocenters. The van der Waals surface area contributed by atoms with Crippen LogP contribution in [0, 0.1) is 5.92 Å². The number of amides is 1. The number of thiophene rings is 1. The Balaban J connectivity index is 1.34. The van der Waals surface area contributed by atoms with Crippen LogP contribution in [-0.4, -0.2) is 38.1 Å². The van der Waals surface area contributed by atoms with Gasteiger partial charge in [-0.1, -0.05) is 30.8 Å². The van der Waals surface area contributed by atoms with Crippen molar-refractivity contribution < 1.29 is 4.79 Å². The van der Waals surface area contributed by atoms with Gasteiger partial charge in [-0.05, 0) is 49.8 Å². The van der Waals surface area contributed by atoms with E-state index in [2.05, 4.69) is 11.9 Å². The van der Waals surface area contributed by atoms with Crippen LogP contribution in [0.4, 0.5) is 0 Å². The van der Waals surface area contributed by atoms with Gasteiger partial charge in [-0.15, -0.1) is 22.7 Å². The van der Waals surface area contributed by atoms with Crippen LogP contribution in [0.1, 0.15) is 35.7 Å². The van der Waals surface area contributed by atoms with Crippen LogP contribution in [0.5, 0.6) is 0 Å². The molecule has 3 heterocycles. The fourth-order valence-electron chi connectivity index (χ4n) is 4.31. The molecule has 0 radical (unpaired) electrons. The van der Waals surface area contributed by atoms with Gasteiger partial charge in [0.2, 0.25) is 5.91 Å². The van der Waals surface area contributed by atoms with Crippen molar-refractivity contribution in [2.75, 3.05) is 12.8 Å². The number of para-hydroxylation sites is 1. The quantitative estimate of drug-likeness (QED) is 0.278. The van der Waals surface area contributed by atoms with Crippen LogP contribution in [0.25, 0.3) is 20.4 Å². The van der Waals surface area contributed by atoms with E-state index in [9.17, 15) is 9.59 Å². The van der Waals surface area contributed by atoms with Crippen molar-refractivity contribution >= 4 is 60.8 Å². The molecule has 0 bridgehead atoms. The molecule has 9 heteroatoms. The number of thiazole rings is 1. The summed E-state index contributed by atoms with van der Waals surface area (Å²) in [4.78, 5) is 39.5. The number of fused-ring (bicyclic) bond motifs is 4. The summed E-state index contributed by atoms with van der Waals surface area (Å²) in [6, 6.07) is 8.00. The van der Waals surface area contributed by atoms with Crippen LogP contribution >= 0.6 is 34.4 Å². The Morgan fingerprint density at radius 1 is 1.27 bits per heavy atom. The van der Waals surface area contributed by atoms with E-state index in [4.69, 9.17) is 4.98 Å². The Morgan fingerprint density at radius 3 is 2.88 bits per heavy atom. The second-order valence-electron chi connectivity index (χ2n) is 8.59. The summed E-state index contributed by atoms with van der Waals surface area (Å²) in [5, 5.41) is 2.34. The second kappa shape index (κ2) is 9.19. The van der Waals surface area contributed by atoms with Crippen molar-refractivity contribution in [3.8, 4) is 0 Å². The number of benzene rings is 1. The molecule has 1 amide bonds. The first-order chi connectivity index (χ1) is 15.9. The molecule has 0 saturated carbocycles. The van der Waals surface area contributed by atoms with Crippen molar-refractivity contribution in [1.82, 2.24) is 19.4 Å². The Labute approximate surface area is 204 Å². The molecule has 1 aliphatic rings. The van der Waals surface area contributed by atoms with Crippen LogP contribution < -0.4 is 5.56 Å². The first kappa shape index (κ1) is 22.6. The van der Waals surface area contributed by atoms with E-state index in [1.54, 1.807) is 39.2 Å². The van der Waals surface area contributed by atoms with E-state index in [1.807, 2.05) is 31.2 Å². The van der Waals surface area contributed by atoms with Gasteiger partial charge < -0.3 is 4.90 Å². The fraction of sp³-hybridized carbons (Fsp3) is 0.417. The lowest BCUT2D eigenvalue weighted by molar-refractivity contribution is -0.127. The van der Waals surface area contributed by atoms with Gasteiger partial charge in [0.15, 0.2) is 5.16 Å². The summed E-state index contributed by atoms with van der Waals surface area (Å²) in [7, 11) is 1.80. The molecule has 5 rings (SSSR count). The molecule has 3 aromatic heterocycles. The molecule has 0 N–H and O–H groups in total. The molecule has 0 fully saturated rings. The minimum atomic E-state index is -0.00412. The third kappa shape index (κ3) is 4.34. The van der Waals surface area contributed by atoms with Crippen molar-refractivity contribution in [2.45, 2.75) is 51.4 Å². The second-order valence-corrected chi connectivity index (χ2v) is 11.7. The predicted octanol–water partition coefficient (Wildman–Crippen LogP) is 4.96. The van der Waals surface area contributed by atoms with E-state index >= 15 is 0 Å². The smallest absolute Gasteiger partial charge is 0.263 e. The molecule has 0 spiro atoms. The lowest BCUT2D eigenvalue weighted by Gasteiger charge is -2.18. The van der Waals surface area contributed by atoms with Crippen molar-refractivity contribution in [3.63, 3.8) is 0 Å². The number of rotatable bonds is 6. The molecular weight excluding hydrogens is 472 g/mol. The average Bonchev–Trinajstić information content (AvgIpc) is 3.37. The monoisotopic (exact) mass is 498 g/mol. The van der Waals surface area contributed by atoms with Crippen molar-refractivity contribution in [3.05, 3.63) is 50.1 Å². The minimum absolute atomic E-state index is 0.00412. The Kier molecular flexibility index (Phi) is 6.28. The zero-order valence-electron chi connectivity index (χ0n) is 19.0. The topological polar surface area (TPSA) is 68.1 Å². The van der Waals surface area contributed by atoms with Gasteiger partial charge in [-0.25, -0.2) is 9.97 Å². The Hall–Kier alpha value is -2.23. The maximum absolute atomic E-state index is 13.3. The zero-order chi connectivity index (χ0) is 23.1. The van der Waals surface area contributed by atoms with Gasteiger partial charge in [-0.3, -0.25) is 14.2 Å². The van der Waals surface area contributed by atoms with Crippen molar-refractivity contribution in [2.24, 2.45) is 5.92 Å². The number of nitrogens with zero attached hydrogens (tertiary/aromatic N) is 4. The van der Waals surface area contributed by atoms with Gasteiger partial charge in [0.05, 0.1) is 27.9 Å². The third-order valence-electron chi connectivity index (χ3n) is 6.16. The van der Waals surface area contributed by atoms with Gasteiger partial charge in [0.25, 0.3) is 5.56 Å². The van der Waals surface area contributed by atoms with E-state index in [0.717, 1.165) is 44.7 Å². The van der Waals surface area contributed by atoms with Crippen molar-refractivity contribution in [1.29, 1.82) is 0 Å². The van der Waals surface area contributed by atoms with E-state index < -0.39 is 0 Å². The first-order valence-corrected chi connectivity index (χ1v) is 13.8. The number of aryl methyl sites for hydroxylation is 1. The standard InChI is InChI=1S/C24H26N4O2S3/c1-4-28-23(30)21-15-10-9-14(2)11-18(15)33-22(21)26-24(28)31-13-20(29)27(3)12-19-25-16-7-5-6-8-17(16)32-19/h5-8,14H,4,9-13H2,1-3H3. The van der Waals surface area contributed by atoms with Gasteiger partial charge in [0.1, 0.15) is 9.84 Å². The Bertz CT molecular complexity index is 1370. The number of thioether (sulfide) groups is 1. The molecule has 1 aliphatic carbocycles. The summed E-state index contributed by atoms with van der Waals surface area (Å²) in [5.74, 6) is 0.883. The lowest BCUT2D eigenvalue weighted by Crippen LogP contribution is -2.28. The molecule has 4 aromatic rings. The molecule has 33 heavy (non-hydrogen) atoms. The molecule has 6 nitrogen and oxygen atoms in total. The van der Waals surface area contributed by atoms with E-state index in [-0.39, 0.29) is 17.2 Å². The van der Waals surface area contributed by atoms with Gasteiger partial charge in [-0.2, -0.15) is 0 Å². The number of aromatic nitrogens is 3. The maximum atomic E-state index is 13.3. The van der Waals surface area contributed by atoms with E-state index in [1.165, 1.54) is 22.2 Å². The predicted molar refractivity (Wildman–Crippen MR) is 138 cm³/mol. The highest BCUT2D eigenvalue weighted by Gasteiger charge is 2.25. The molecule has 172 valence electrons. The first-order valence-electron chi connectivity index (χ1n) is 11.2. The van der Waals surface area contributed by atoms with Crippen LogP contribution in [-0.2, 0) is 30.7 Å². The summed E-state index contributed by atoms with van der Waals surface area (Å²) in [6.45, 7) is 5.24. The highest BCUT2D eigenvalue weighted by Crippen LogP contribution is 2.36. The summed E-state index contributed by atoms with van der Waals surface area (Å²) >= 11 is 4.62. The molecule has 0 saturated heterocycles.